The van der Waals surface area contributed by atoms with Crippen molar-refractivity contribution < 1.29 is 14.6 Å². The quantitative estimate of drug-likeness (QED) is 0.894. The van der Waals surface area contributed by atoms with Crippen LogP contribution >= 0.6 is 11.8 Å². The van der Waals surface area contributed by atoms with E-state index in [0.29, 0.717) is 0 Å². The SMILES string of the molecule is COc1ccc([C@H]2Sc3ccc(C)cc3NC(=O)[C@@H]2O)cc1. The number of methoxy groups -OCH3 is 1. The number of nitrogens with one attached hydrogen (secondary N) is 1. The summed E-state index contributed by atoms with van der Waals surface area (Å²) < 4.78 is 5.15. The Balaban J connectivity index is 1.99. The van der Waals surface area contributed by atoms with Gasteiger partial charge in [-0.15, -0.1) is 11.8 Å². The number of carbonyl (C=O) groups excluding carboxylic acids is 1. The molecule has 2 aromatic carbocycles. The van der Waals surface area contributed by atoms with Crippen LogP contribution in [-0.4, -0.2) is 24.2 Å². The number of thioether (sulfide) groups is 1. The molecular weight excluding hydrogens is 298 g/mol. The summed E-state index contributed by atoms with van der Waals surface area (Å²) in [5.74, 6) is 0.370. The van der Waals surface area contributed by atoms with Gasteiger partial charge in [-0.05, 0) is 42.3 Å². The molecule has 5 heteroatoms. The summed E-state index contributed by atoms with van der Waals surface area (Å²) in [5.41, 5.74) is 2.71. The van der Waals surface area contributed by atoms with E-state index in [1.54, 1.807) is 7.11 Å². The Labute approximate surface area is 133 Å². The molecule has 0 fully saturated rings. The zero-order chi connectivity index (χ0) is 15.7. The van der Waals surface area contributed by atoms with Gasteiger partial charge in [0.25, 0.3) is 5.91 Å². The molecular formula is C17H17NO3S. The summed E-state index contributed by atoms with van der Waals surface area (Å²) in [4.78, 5) is 13.2. The van der Waals surface area contributed by atoms with Gasteiger partial charge in [0.1, 0.15) is 11.9 Å². The predicted octanol–water partition coefficient (Wildman–Crippen LogP) is 3.15. The Hall–Kier alpha value is -1.98. The lowest BCUT2D eigenvalue weighted by Gasteiger charge is -2.19. The summed E-state index contributed by atoms with van der Waals surface area (Å²) in [6.45, 7) is 1.97. The maximum Gasteiger partial charge on any atom is 0.254 e. The van der Waals surface area contributed by atoms with Gasteiger partial charge in [0.2, 0.25) is 0 Å². The van der Waals surface area contributed by atoms with Crippen LogP contribution in [0, 0.1) is 6.92 Å². The first-order valence-electron chi connectivity index (χ1n) is 6.98. The predicted molar refractivity (Wildman–Crippen MR) is 87.4 cm³/mol. The van der Waals surface area contributed by atoms with Crippen molar-refractivity contribution in [3.63, 3.8) is 0 Å². The third-order valence-electron chi connectivity index (χ3n) is 3.65. The highest BCUT2D eigenvalue weighted by atomic mass is 32.2. The summed E-state index contributed by atoms with van der Waals surface area (Å²) in [5, 5.41) is 12.8. The molecule has 1 aliphatic heterocycles. The topological polar surface area (TPSA) is 58.6 Å². The minimum Gasteiger partial charge on any atom is -0.497 e. The molecule has 0 saturated carbocycles. The normalized spacial score (nSPS) is 20.8. The molecule has 0 unspecified atom stereocenters. The van der Waals surface area contributed by atoms with Crippen LogP contribution in [0.25, 0.3) is 0 Å². The van der Waals surface area contributed by atoms with Gasteiger partial charge in [-0.1, -0.05) is 18.2 Å². The number of anilines is 1. The minimum atomic E-state index is -1.11. The molecule has 22 heavy (non-hydrogen) atoms. The summed E-state index contributed by atoms with van der Waals surface area (Å²) in [7, 11) is 1.61. The standard InChI is InChI=1S/C17H17NO3S/c1-10-3-8-14-13(9-10)18-17(20)15(19)16(22-14)11-4-6-12(21-2)7-5-11/h3-9,15-16,19H,1-2H3,(H,18,20)/t15-,16-/m1/s1. The second-order valence-electron chi connectivity index (χ2n) is 5.25. The van der Waals surface area contributed by atoms with E-state index in [0.717, 1.165) is 27.5 Å². The van der Waals surface area contributed by atoms with Gasteiger partial charge < -0.3 is 15.2 Å². The van der Waals surface area contributed by atoms with Gasteiger partial charge in [-0.25, -0.2) is 0 Å². The lowest BCUT2D eigenvalue weighted by Crippen LogP contribution is -2.30. The van der Waals surface area contributed by atoms with E-state index in [4.69, 9.17) is 4.74 Å². The molecule has 0 spiro atoms. The first kappa shape index (κ1) is 14.9. The van der Waals surface area contributed by atoms with Crippen molar-refractivity contribution in [3.05, 3.63) is 53.6 Å². The monoisotopic (exact) mass is 315 g/mol. The van der Waals surface area contributed by atoms with Gasteiger partial charge in [0, 0.05) is 4.90 Å². The fourth-order valence-corrected chi connectivity index (χ4v) is 3.64. The summed E-state index contributed by atoms with van der Waals surface area (Å²) in [6.07, 6.45) is -1.11. The fourth-order valence-electron chi connectivity index (χ4n) is 2.43. The summed E-state index contributed by atoms with van der Waals surface area (Å²) in [6, 6.07) is 13.3. The molecule has 114 valence electrons. The third-order valence-corrected chi connectivity index (χ3v) is 5.04. The van der Waals surface area contributed by atoms with Crippen LogP contribution in [0.2, 0.25) is 0 Å². The van der Waals surface area contributed by atoms with Crippen molar-refractivity contribution in [2.45, 2.75) is 23.2 Å². The lowest BCUT2D eigenvalue weighted by molar-refractivity contribution is -0.124. The number of fused-ring (bicyclic) bond motifs is 1. The highest BCUT2D eigenvalue weighted by Gasteiger charge is 2.32. The van der Waals surface area contributed by atoms with Gasteiger partial charge in [-0.3, -0.25) is 4.79 Å². The number of ether oxygens (including phenoxy) is 1. The van der Waals surface area contributed by atoms with Gasteiger partial charge in [0.15, 0.2) is 0 Å². The maximum atomic E-state index is 12.2. The molecule has 0 saturated heterocycles. The molecule has 2 aromatic rings. The van der Waals surface area contributed by atoms with Crippen LogP contribution in [-0.2, 0) is 4.79 Å². The maximum absolute atomic E-state index is 12.2. The number of aliphatic hydroxyl groups excluding tert-OH is 1. The van der Waals surface area contributed by atoms with Crippen LogP contribution in [0.5, 0.6) is 5.75 Å². The molecule has 0 bridgehead atoms. The number of aryl methyl sites for hydroxylation is 1. The fraction of sp³-hybridized carbons (Fsp3) is 0.235. The first-order valence-corrected chi connectivity index (χ1v) is 7.86. The number of hydrogen-bond donors (Lipinski definition) is 2. The molecule has 1 heterocycles. The van der Waals surface area contributed by atoms with E-state index in [2.05, 4.69) is 5.32 Å². The molecule has 2 atom stereocenters. The van der Waals surface area contributed by atoms with Crippen molar-refractivity contribution in [3.8, 4) is 5.75 Å². The van der Waals surface area contributed by atoms with E-state index in [9.17, 15) is 9.90 Å². The van der Waals surface area contributed by atoms with Gasteiger partial charge in [-0.2, -0.15) is 0 Å². The van der Waals surface area contributed by atoms with Crippen LogP contribution < -0.4 is 10.1 Å². The van der Waals surface area contributed by atoms with Crippen molar-refractivity contribution in [2.24, 2.45) is 0 Å². The van der Waals surface area contributed by atoms with E-state index >= 15 is 0 Å². The molecule has 0 radical (unpaired) electrons. The average molecular weight is 315 g/mol. The summed E-state index contributed by atoms with van der Waals surface area (Å²) >= 11 is 1.49. The molecule has 0 aromatic heterocycles. The van der Waals surface area contributed by atoms with Crippen molar-refractivity contribution in [1.82, 2.24) is 0 Å². The molecule has 4 nitrogen and oxygen atoms in total. The highest BCUT2D eigenvalue weighted by molar-refractivity contribution is 7.99. The minimum absolute atomic E-state index is 0.352. The average Bonchev–Trinajstić information content (AvgIpc) is 2.65. The number of benzene rings is 2. The Morgan fingerprint density at radius 1 is 1.18 bits per heavy atom. The lowest BCUT2D eigenvalue weighted by atomic mass is 10.1. The molecule has 3 rings (SSSR count). The second-order valence-corrected chi connectivity index (χ2v) is 6.43. The van der Waals surface area contributed by atoms with Gasteiger partial charge >= 0.3 is 0 Å². The van der Waals surface area contributed by atoms with E-state index in [-0.39, 0.29) is 11.2 Å². The molecule has 2 N–H and O–H groups in total. The van der Waals surface area contributed by atoms with E-state index < -0.39 is 6.10 Å². The Morgan fingerprint density at radius 2 is 1.91 bits per heavy atom. The van der Waals surface area contributed by atoms with E-state index in [1.807, 2.05) is 49.4 Å². The Kier molecular flexibility index (Phi) is 4.09. The number of rotatable bonds is 2. The van der Waals surface area contributed by atoms with Crippen LogP contribution in [0.4, 0.5) is 5.69 Å². The second kappa shape index (κ2) is 6.02. The van der Waals surface area contributed by atoms with E-state index in [1.165, 1.54) is 11.8 Å². The highest BCUT2D eigenvalue weighted by Crippen LogP contribution is 2.44. The number of hydrogen-bond acceptors (Lipinski definition) is 4. The van der Waals surface area contributed by atoms with Gasteiger partial charge in [0.05, 0.1) is 18.0 Å². The smallest absolute Gasteiger partial charge is 0.254 e. The number of amides is 1. The van der Waals surface area contributed by atoms with Crippen LogP contribution in [0.3, 0.4) is 0 Å². The number of aliphatic hydroxyl groups is 1. The van der Waals surface area contributed by atoms with Crippen LogP contribution in [0.1, 0.15) is 16.4 Å². The molecule has 0 aliphatic carbocycles. The third kappa shape index (κ3) is 2.82. The van der Waals surface area contributed by atoms with Crippen LogP contribution in [0.15, 0.2) is 47.4 Å². The Morgan fingerprint density at radius 3 is 2.59 bits per heavy atom. The number of carbonyl (C=O) groups is 1. The first-order chi connectivity index (χ1) is 10.6. The molecule has 1 amide bonds. The molecule has 1 aliphatic rings. The van der Waals surface area contributed by atoms with Crippen molar-refractivity contribution in [1.29, 1.82) is 0 Å². The zero-order valence-corrected chi connectivity index (χ0v) is 13.2. The Bertz CT molecular complexity index is 700. The van der Waals surface area contributed by atoms with Crippen molar-refractivity contribution >= 4 is 23.4 Å². The zero-order valence-electron chi connectivity index (χ0n) is 12.4. The largest absolute Gasteiger partial charge is 0.497 e. The van der Waals surface area contributed by atoms with Crippen molar-refractivity contribution in [2.75, 3.05) is 12.4 Å².